The standard InChI is InChI=1S/C17H26O4/c1-12(18)13-7-8-17(20-3)14(9-13)11-21-16-6-4-5-15(10-16)19-2/h7-9,12,15-16,18H,4-6,10-11H2,1-3H3. The Morgan fingerprint density at radius 2 is 2.00 bits per heavy atom. The predicted molar refractivity (Wildman–Crippen MR) is 81.5 cm³/mol. The summed E-state index contributed by atoms with van der Waals surface area (Å²) in [5.41, 5.74) is 1.86. The highest BCUT2D eigenvalue weighted by Crippen LogP contribution is 2.27. The van der Waals surface area contributed by atoms with Gasteiger partial charge in [-0.05, 0) is 50.3 Å². The minimum absolute atomic E-state index is 0.239. The molecule has 0 saturated heterocycles. The Labute approximate surface area is 127 Å². The quantitative estimate of drug-likeness (QED) is 0.875. The van der Waals surface area contributed by atoms with Crippen molar-refractivity contribution in [1.29, 1.82) is 0 Å². The molecule has 1 N–H and O–H groups in total. The van der Waals surface area contributed by atoms with Crippen LogP contribution < -0.4 is 4.74 Å². The molecular formula is C17H26O4. The zero-order valence-electron chi connectivity index (χ0n) is 13.2. The number of hydrogen-bond acceptors (Lipinski definition) is 4. The van der Waals surface area contributed by atoms with Gasteiger partial charge >= 0.3 is 0 Å². The fourth-order valence-electron chi connectivity index (χ4n) is 2.85. The first kappa shape index (κ1) is 16.3. The second-order valence-electron chi connectivity index (χ2n) is 5.70. The fourth-order valence-corrected chi connectivity index (χ4v) is 2.85. The molecular weight excluding hydrogens is 268 g/mol. The number of ether oxygens (including phenoxy) is 3. The largest absolute Gasteiger partial charge is 0.496 e. The van der Waals surface area contributed by atoms with Crippen LogP contribution in [0.5, 0.6) is 5.75 Å². The molecule has 3 atom stereocenters. The maximum absolute atomic E-state index is 9.70. The first-order valence-electron chi connectivity index (χ1n) is 7.63. The second kappa shape index (κ2) is 7.78. The first-order valence-corrected chi connectivity index (χ1v) is 7.63. The third-order valence-electron chi connectivity index (χ3n) is 4.17. The highest BCUT2D eigenvalue weighted by Gasteiger charge is 2.22. The molecule has 4 heteroatoms. The van der Waals surface area contributed by atoms with Crippen LogP contribution in [-0.2, 0) is 16.1 Å². The molecule has 1 aliphatic carbocycles. The van der Waals surface area contributed by atoms with Gasteiger partial charge < -0.3 is 19.3 Å². The number of aliphatic hydroxyl groups excluding tert-OH is 1. The van der Waals surface area contributed by atoms with E-state index in [0.717, 1.165) is 42.6 Å². The predicted octanol–water partition coefficient (Wildman–Crippen LogP) is 3.22. The molecule has 118 valence electrons. The van der Waals surface area contributed by atoms with Crippen molar-refractivity contribution < 1.29 is 19.3 Å². The van der Waals surface area contributed by atoms with Gasteiger partial charge in [0.25, 0.3) is 0 Å². The van der Waals surface area contributed by atoms with Gasteiger partial charge in [0.2, 0.25) is 0 Å². The molecule has 0 aliphatic heterocycles. The molecule has 0 radical (unpaired) electrons. The number of aliphatic hydroxyl groups is 1. The van der Waals surface area contributed by atoms with E-state index in [1.54, 1.807) is 21.1 Å². The van der Waals surface area contributed by atoms with Crippen molar-refractivity contribution in [3.05, 3.63) is 29.3 Å². The summed E-state index contributed by atoms with van der Waals surface area (Å²) < 4.78 is 16.8. The Bertz CT molecular complexity index is 444. The number of hydrogen-bond donors (Lipinski definition) is 1. The van der Waals surface area contributed by atoms with Crippen molar-refractivity contribution in [3.63, 3.8) is 0 Å². The number of benzene rings is 1. The Morgan fingerprint density at radius 1 is 1.24 bits per heavy atom. The van der Waals surface area contributed by atoms with E-state index in [9.17, 15) is 5.11 Å². The smallest absolute Gasteiger partial charge is 0.124 e. The molecule has 1 aromatic rings. The molecule has 1 aromatic carbocycles. The molecule has 1 fully saturated rings. The maximum atomic E-state index is 9.70. The van der Waals surface area contributed by atoms with Crippen molar-refractivity contribution in [2.75, 3.05) is 14.2 Å². The topological polar surface area (TPSA) is 47.9 Å². The van der Waals surface area contributed by atoms with Gasteiger partial charge in [0.05, 0.1) is 32.0 Å². The number of methoxy groups -OCH3 is 2. The van der Waals surface area contributed by atoms with Gasteiger partial charge in [0, 0.05) is 12.7 Å². The Balaban J connectivity index is 1.99. The van der Waals surface area contributed by atoms with Crippen LogP contribution in [-0.4, -0.2) is 31.5 Å². The van der Waals surface area contributed by atoms with Crippen molar-refractivity contribution >= 4 is 0 Å². The maximum Gasteiger partial charge on any atom is 0.124 e. The van der Waals surface area contributed by atoms with Gasteiger partial charge in [-0.25, -0.2) is 0 Å². The van der Waals surface area contributed by atoms with Crippen molar-refractivity contribution in [1.82, 2.24) is 0 Å². The molecule has 0 amide bonds. The summed E-state index contributed by atoms with van der Waals surface area (Å²) in [6.07, 6.45) is 4.37. The molecule has 1 aliphatic rings. The third-order valence-corrected chi connectivity index (χ3v) is 4.17. The highest BCUT2D eigenvalue weighted by atomic mass is 16.5. The van der Waals surface area contributed by atoms with E-state index < -0.39 is 6.10 Å². The summed E-state index contributed by atoms with van der Waals surface area (Å²) in [5.74, 6) is 0.804. The fraction of sp³-hybridized carbons (Fsp3) is 0.647. The monoisotopic (exact) mass is 294 g/mol. The lowest BCUT2D eigenvalue weighted by atomic mass is 9.95. The van der Waals surface area contributed by atoms with Crippen LogP contribution in [0.25, 0.3) is 0 Å². The van der Waals surface area contributed by atoms with Crippen LogP contribution in [0.4, 0.5) is 0 Å². The van der Waals surface area contributed by atoms with E-state index in [0.29, 0.717) is 12.7 Å². The molecule has 2 rings (SSSR count). The number of rotatable bonds is 6. The summed E-state index contributed by atoms with van der Waals surface area (Å²) in [7, 11) is 3.42. The molecule has 0 aromatic heterocycles. The van der Waals surface area contributed by atoms with Crippen LogP contribution in [0.2, 0.25) is 0 Å². The summed E-state index contributed by atoms with van der Waals surface area (Å²) in [6, 6.07) is 5.73. The normalized spacial score (nSPS) is 23.8. The molecule has 0 spiro atoms. The van der Waals surface area contributed by atoms with Crippen LogP contribution >= 0.6 is 0 Å². The molecule has 3 unspecified atom stereocenters. The van der Waals surface area contributed by atoms with E-state index in [1.165, 1.54) is 0 Å². The molecule has 4 nitrogen and oxygen atoms in total. The van der Waals surface area contributed by atoms with E-state index in [4.69, 9.17) is 14.2 Å². The zero-order chi connectivity index (χ0) is 15.2. The average molecular weight is 294 g/mol. The van der Waals surface area contributed by atoms with Gasteiger partial charge in [-0.2, -0.15) is 0 Å². The van der Waals surface area contributed by atoms with E-state index >= 15 is 0 Å². The summed E-state index contributed by atoms with van der Waals surface area (Å²) in [5, 5.41) is 9.70. The summed E-state index contributed by atoms with van der Waals surface area (Å²) in [4.78, 5) is 0. The second-order valence-corrected chi connectivity index (χ2v) is 5.70. The van der Waals surface area contributed by atoms with Gasteiger partial charge in [-0.1, -0.05) is 6.07 Å². The third kappa shape index (κ3) is 4.43. The van der Waals surface area contributed by atoms with Gasteiger partial charge in [0.1, 0.15) is 5.75 Å². The van der Waals surface area contributed by atoms with Crippen molar-refractivity contribution in [2.45, 2.75) is 57.5 Å². The van der Waals surface area contributed by atoms with Crippen molar-refractivity contribution in [3.8, 4) is 5.75 Å². The molecule has 0 heterocycles. The average Bonchev–Trinajstić information content (AvgIpc) is 2.52. The van der Waals surface area contributed by atoms with Crippen LogP contribution in [0.1, 0.15) is 49.8 Å². The lowest BCUT2D eigenvalue weighted by molar-refractivity contribution is -0.0367. The lowest BCUT2D eigenvalue weighted by Gasteiger charge is -2.28. The van der Waals surface area contributed by atoms with Gasteiger partial charge in [-0.15, -0.1) is 0 Å². The molecule has 0 bridgehead atoms. The molecule has 1 saturated carbocycles. The van der Waals surface area contributed by atoms with Crippen molar-refractivity contribution in [2.24, 2.45) is 0 Å². The minimum Gasteiger partial charge on any atom is -0.496 e. The van der Waals surface area contributed by atoms with Crippen LogP contribution in [0.15, 0.2) is 18.2 Å². The summed E-state index contributed by atoms with van der Waals surface area (Å²) >= 11 is 0. The lowest BCUT2D eigenvalue weighted by Crippen LogP contribution is -2.27. The molecule has 21 heavy (non-hydrogen) atoms. The Kier molecular flexibility index (Phi) is 6.03. The van der Waals surface area contributed by atoms with Crippen LogP contribution in [0.3, 0.4) is 0 Å². The SMILES string of the molecule is COc1ccc(C(C)O)cc1COC1CCCC(OC)C1. The highest BCUT2D eigenvalue weighted by molar-refractivity contribution is 5.37. The summed E-state index contributed by atoms with van der Waals surface area (Å²) in [6.45, 7) is 2.27. The Hall–Kier alpha value is -1.10. The van der Waals surface area contributed by atoms with E-state index in [-0.39, 0.29) is 6.10 Å². The van der Waals surface area contributed by atoms with E-state index in [2.05, 4.69) is 0 Å². The Morgan fingerprint density at radius 3 is 2.67 bits per heavy atom. The zero-order valence-corrected chi connectivity index (χ0v) is 13.2. The van der Waals surface area contributed by atoms with Gasteiger partial charge in [-0.3, -0.25) is 0 Å². The first-order chi connectivity index (χ1) is 10.1. The van der Waals surface area contributed by atoms with E-state index in [1.807, 2.05) is 18.2 Å². The van der Waals surface area contributed by atoms with Gasteiger partial charge in [0.15, 0.2) is 0 Å². The minimum atomic E-state index is -0.484. The van der Waals surface area contributed by atoms with Crippen LogP contribution in [0, 0.1) is 0 Å².